The van der Waals surface area contributed by atoms with Crippen molar-refractivity contribution in [1.82, 2.24) is 0 Å². The molecule has 0 aliphatic heterocycles. The van der Waals surface area contributed by atoms with Crippen molar-refractivity contribution in [2.24, 2.45) is 0 Å². The van der Waals surface area contributed by atoms with E-state index < -0.39 is 0 Å². The third-order valence-electron chi connectivity index (χ3n) is 5.38. The summed E-state index contributed by atoms with van der Waals surface area (Å²) in [6.45, 7) is 4.31. The van der Waals surface area contributed by atoms with E-state index in [4.69, 9.17) is 0 Å². The third-order valence-corrected chi connectivity index (χ3v) is 5.38. The van der Waals surface area contributed by atoms with Crippen molar-refractivity contribution in [3.63, 3.8) is 0 Å². The molecule has 0 aliphatic rings. The summed E-state index contributed by atoms with van der Waals surface area (Å²) < 4.78 is 0. The van der Waals surface area contributed by atoms with Gasteiger partial charge in [-0.25, -0.2) is 0 Å². The van der Waals surface area contributed by atoms with Gasteiger partial charge in [-0.1, -0.05) is 90.0 Å². The van der Waals surface area contributed by atoms with Crippen LogP contribution in [0, 0.1) is 13.8 Å². The van der Waals surface area contributed by atoms with Crippen LogP contribution in [0.1, 0.15) is 11.1 Å². The number of hydrogen-bond acceptors (Lipinski definition) is 0. The van der Waals surface area contributed by atoms with Crippen LogP contribution in [0.3, 0.4) is 0 Å². The molecular formula is C26H20. The topological polar surface area (TPSA) is 0 Å². The SMILES string of the molecule is Cc1ccc(-c2cc3c4ccccc4ccc3c3cc(C)ccc23)cc1. The Bertz CT molecular complexity index is 1270. The highest BCUT2D eigenvalue weighted by Crippen LogP contribution is 2.38. The van der Waals surface area contributed by atoms with Crippen LogP contribution in [0.15, 0.2) is 84.9 Å². The highest BCUT2D eigenvalue weighted by molar-refractivity contribution is 6.21. The van der Waals surface area contributed by atoms with E-state index in [0.717, 1.165) is 0 Å². The molecule has 5 rings (SSSR count). The first-order chi connectivity index (χ1) is 12.7. The predicted molar refractivity (Wildman–Crippen MR) is 114 cm³/mol. The van der Waals surface area contributed by atoms with Gasteiger partial charge in [0.2, 0.25) is 0 Å². The van der Waals surface area contributed by atoms with Crippen LogP contribution >= 0.6 is 0 Å². The van der Waals surface area contributed by atoms with E-state index in [2.05, 4.69) is 98.8 Å². The first kappa shape index (κ1) is 15.2. The molecule has 0 saturated carbocycles. The van der Waals surface area contributed by atoms with Gasteiger partial charge in [0.25, 0.3) is 0 Å². The molecule has 0 N–H and O–H groups in total. The average Bonchev–Trinajstić information content (AvgIpc) is 2.67. The van der Waals surface area contributed by atoms with Crippen molar-refractivity contribution < 1.29 is 0 Å². The predicted octanol–water partition coefficient (Wildman–Crippen LogP) is 7.43. The molecule has 0 heteroatoms. The molecule has 5 aromatic carbocycles. The van der Waals surface area contributed by atoms with Crippen LogP contribution in [0.25, 0.3) is 43.4 Å². The van der Waals surface area contributed by atoms with Crippen molar-refractivity contribution >= 4 is 32.3 Å². The Morgan fingerprint density at radius 2 is 1.15 bits per heavy atom. The lowest BCUT2D eigenvalue weighted by Gasteiger charge is -2.14. The highest BCUT2D eigenvalue weighted by atomic mass is 14.1. The lowest BCUT2D eigenvalue weighted by atomic mass is 9.90. The second-order valence-corrected chi connectivity index (χ2v) is 7.22. The zero-order valence-electron chi connectivity index (χ0n) is 15.1. The largest absolute Gasteiger partial charge is 0.0616 e. The van der Waals surface area contributed by atoms with E-state index in [1.54, 1.807) is 0 Å². The molecular weight excluding hydrogens is 312 g/mol. The lowest BCUT2D eigenvalue weighted by molar-refractivity contribution is 1.47. The number of fused-ring (bicyclic) bond motifs is 5. The molecule has 0 unspecified atom stereocenters. The summed E-state index contributed by atoms with van der Waals surface area (Å²) in [7, 11) is 0. The van der Waals surface area contributed by atoms with Gasteiger partial charge in [0.05, 0.1) is 0 Å². The van der Waals surface area contributed by atoms with Gasteiger partial charge in [0.1, 0.15) is 0 Å². The maximum atomic E-state index is 2.38. The molecule has 26 heavy (non-hydrogen) atoms. The van der Waals surface area contributed by atoms with E-state index in [1.165, 1.54) is 54.6 Å². The summed E-state index contributed by atoms with van der Waals surface area (Å²) in [6, 6.07) is 31.2. The fourth-order valence-electron chi connectivity index (χ4n) is 4.00. The maximum absolute atomic E-state index is 2.38. The summed E-state index contributed by atoms with van der Waals surface area (Å²) in [5, 5.41) is 7.93. The smallest absolute Gasteiger partial charge is 0.00928 e. The zero-order chi connectivity index (χ0) is 17.7. The second-order valence-electron chi connectivity index (χ2n) is 7.22. The molecule has 0 aromatic heterocycles. The van der Waals surface area contributed by atoms with Crippen LogP contribution in [0.5, 0.6) is 0 Å². The van der Waals surface area contributed by atoms with Gasteiger partial charge in [0.15, 0.2) is 0 Å². The number of benzene rings is 5. The van der Waals surface area contributed by atoms with Crippen molar-refractivity contribution in [2.45, 2.75) is 13.8 Å². The molecule has 0 spiro atoms. The molecule has 0 fully saturated rings. The van der Waals surface area contributed by atoms with Gasteiger partial charge < -0.3 is 0 Å². The van der Waals surface area contributed by atoms with E-state index in [9.17, 15) is 0 Å². The van der Waals surface area contributed by atoms with Crippen molar-refractivity contribution in [1.29, 1.82) is 0 Å². The monoisotopic (exact) mass is 332 g/mol. The number of hydrogen-bond donors (Lipinski definition) is 0. The highest BCUT2D eigenvalue weighted by Gasteiger charge is 2.11. The zero-order valence-corrected chi connectivity index (χ0v) is 15.1. The molecule has 0 amide bonds. The van der Waals surface area contributed by atoms with Gasteiger partial charge >= 0.3 is 0 Å². The lowest BCUT2D eigenvalue weighted by Crippen LogP contribution is -1.87. The minimum Gasteiger partial charge on any atom is -0.0616 e. The fraction of sp³-hybridized carbons (Fsp3) is 0.0769. The number of rotatable bonds is 1. The molecule has 124 valence electrons. The molecule has 0 heterocycles. The van der Waals surface area contributed by atoms with E-state index in [-0.39, 0.29) is 0 Å². The van der Waals surface area contributed by atoms with Gasteiger partial charge in [-0.05, 0) is 63.4 Å². The maximum Gasteiger partial charge on any atom is -0.00928 e. The van der Waals surface area contributed by atoms with E-state index in [1.807, 2.05) is 0 Å². The Morgan fingerprint density at radius 3 is 2.00 bits per heavy atom. The van der Waals surface area contributed by atoms with Gasteiger partial charge in [-0.15, -0.1) is 0 Å². The Labute approximate surface area is 153 Å². The van der Waals surface area contributed by atoms with Crippen LogP contribution in [0.2, 0.25) is 0 Å². The first-order valence-corrected chi connectivity index (χ1v) is 9.12. The van der Waals surface area contributed by atoms with Crippen molar-refractivity contribution in [3.8, 4) is 11.1 Å². The summed E-state index contributed by atoms with van der Waals surface area (Å²) in [5.41, 5.74) is 5.18. The Balaban J connectivity index is 1.99. The molecule has 0 nitrogen and oxygen atoms in total. The van der Waals surface area contributed by atoms with Crippen LogP contribution < -0.4 is 0 Å². The van der Waals surface area contributed by atoms with Gasteiger partial charge in [-0.2, -0.15) is 0 Å². The summed E-state index contributed by atoms with van der Waals surface area (Å²) in [5.74, 6) is 0. The Morgan fingerprint density at radius 1 is 0.462 bits per heavy atom. The molecule has 0 radical (unpaired) electrons. The van der Waals surface area contributed by atoms with Crippen LogP contribution in [0.4, 0.5) is 0 Å². The molecule has 5 aromatic rings. The molecule has 0 saturated heterocycles. The molecule has 0 atom stereocenters. The standard InChI is InChI=1S/C26H20/c1-17-7-10-20(11-8-17)24-16-26-21-6-4-3-5-19(21)12-14-23(26)25-15-18(2)9-13-22(24)25/h3-16H,1-2H3. The minimum atomic E-state index is 1.28. The average molecular weight is 332 g/mol. The summed E-state index contributed by atoms with van der Waals surface area (Å²) in [6.07, 6.45) is 0. The quantitative estimate of drug-likeness (QED) is 0.280. The minimum absolute atomic E-state index is 1.28. The Kier molecular flexibility index (Phi) is 3.33. The second kappa shape index (κ2) is 5.71. The summed E-state index contributed by atoms with van der Waals surface area (Å²) in [4.78, 5) is 0. The molecule has 0 bridgehead atoms. The van der Waals surface area contributed by atoms with Gasteiger partial charge in [0, 0.05) is 0 Å². The van der Waals surface area contributed by atoms with Gasteiger partial charge in [-0.3, -0.25) is 0 Å². The van der Waals surface area contributed by atoms with Crippen molar-refractivity contribution in [2.75, 3.05) is 0 Å². The first-order valence-electron chi connectivity index (χ1n) is 9.12. The summed E-state index contributed by atoms with van der Waals surface area (Å²) >= 11 is 0. The number of aryl methyl sites for hydroxylation is 2. The van der Waals surface area contributed by atoms with Crippen LogP contribution in [-0.2, 0) is 0 Å². The fourth-order valence-corrected chi connectivity index (χ4v) is 4.00. The van der Waals surface area contributed by atoms with Crippen molar-refractivity contribution in [3.05, 3.63) is 96.1 Å². The molecule has 0 aliphatic carbocycles. The van der Waals surface area contributed by atoms with Crippen LogP contribution in [-0.4, -0.2) is 0 Å². The third kappa shape index (κ3) is 2.30. The Hall–Kier alpha value is -3.12. The van der Waals surface area contributed by atoms with E-state index in [0.29, 0.717) is 0 Å². The normalized spacial score (nSPS) is 11.5. The van der Waals surface area contributed by atoms with E-state index >= 15 is 0 Å².